The highest BCUT2D eigenvalue weighted by molar-refractivity contribution is 7.15. The largest absolute Gasteiger partial charge is 0.450 e. The molecule has 1 saturated heterocycles. The molecular formula is C19H22FN3O3S. The van der Waals surface area contributed by atoms with Crippen molar-refractivity contribution in [2.75, 3.05) is 32.8 Å². The molecule has 1 aliphatic rings. The minimum absolute atomic E-state index is 0.00894. The lowest BCUT2D eigenvalue weighted by Crippen LogP contribution is -2.51. The minimum atomic E-state index is -0.336. The lowest BCUT2D eigenvalue weighted by molar-refractivity contribution is -0.132. The molecule has 1 fully saturated rings. The van der Waals surface area contributed by atoms with Gasteiger partial charge in [-0.25, -0.2) is 14.2 Å². The van der Waals surface area contributed by atoms with Crippen LogP contribution in [0.15, 0.2) is 24.3 Å². The number of rotatable bonds is 4. The van der Waals surface area contributed by atoms with Gasteiger partial charge < -0.3 is 14.5 Å². The zero-order chi connectivity index (χ0) is 19.4. The average molecular weight is 391 g/mol. The highest BCUT2D eigenvalue weighted by Gasteiger charge is 2.25. The number of piperazine rings is 1. The van der Waals surface area contributed by atoms with Crippen molar-refractivity contribution in [2.45, 2.75) is 20.3 Å². The molecule has 2 heterocycles. The summed E-state index contributed by atoms with van der Waals surface area (Å²) in [6.07, 6.45) is -0.102. The number of aromatic nitrogens is 1. The van der Waals surface area contributed by atoms with E-state index in [1.807, 2.05) is 6.92 Å². The summed E-state index contributed by atoms with van der Waals surface area (Å²) >= 11 is 1.35. The Bertz CT molecular complexity index is 831. The Balaban J connectivity index is 1.62. The number of amides is 2. The van der Waals surface area contributed by atoms with Gasteiger partial charge in [0.05, 0.1) is 18.7 Å². The molecule has 2 aromatic rings. The molecule has 0 bridgehead atoms. The number of hydrogen-bond donors (Lipinski definition) is 0. The summed E-state index contributed by atoms with van der Waals surface area (Å²) in [5.41, 5.74) is 1.20. The van der Waals surface area contributed by atoms with Crippen molar-refractivity contribution in [3.05, 3.63) is 40.7 Å². The van der Waals surface area contributed by atoms with Crippen molar-refractivity contribution in [1.29, 1.82) is 0 Å². The van der Waals surface area contributed by atoms with Gasteiger partial charge in [0.1, 0.15) is 10.8 Å². The Morgan fingerprint density at radius 3 is 2.52 bits per heavy atom. The lowest BCUT2D eigenvalue weighted by Gasteiger charge is -2.34. The lowest BCUT2D eigenvalue weighted by atomic mass is 10.2. The second-order valence-electron chi connectivity index (χ2n) is 6.25. The molecule has 0 saturated carbocycles. The van der Waals surface area contributed by atoms with Gasteiger partial charge in [-0.1, -0.05) is 12.1 Å². The molecule has 0 radical (unpaired) electrons. The van der Waals surface area contributed by atoms with Gasteiger partial charge >= 0.3 is 6.09 Å². The molecule has 27 heavy (non-hydrogen) atoms. The predicted octanol–water partition coefficient (Wildman–Crippen LogP) is 3.10. The molecule has 0 unspecified atom stereocenters. The van der Waals surface area contributed by atoms with Crippen LogP contribution >= 0.6 is 11.3 Å². The Morgan fingerprint density at radius 1 is 1.19 bits per heavy atom. The molecule has 1 aliphatic heterocycles. The van der Waals surface area contributed by atoms with Crippen LogP contribution in [-0.4, -0.2) is 59.6 Å². The number of halogens is 1. The number of ether oxygens (including phenoxy) is 1. The maximum absolute atomic E-state index is 14.0. The molecular weight excluding hydrogens is 369 g/mol. The van der Waals surface area contributed by atoms with Crippen molar-refractivity contribution >= 4 is 23.3 Å². The Hall–Kier alpha value is -2.48. The number of hydrogen-bond acceptors (Lipinski definition) is 5. The smallest absolute Gasteiger partial charge is 0.409 e. The highest BCUT2D eigenvalue weighted by Crippen LogP contribution is 2.30. The van der Waals surface area contributed by atoms with Gasteiger partial charge in [-0.3, -0.25) is 4.79 Å². The van der Waals surface area contributed by atoms with Gasteiger partial charge in [0.25, 0.3) is 0 Å². The SMILES string of the molecule is CCOC(=O)N1CCN(C(=O)Cc2sc(-c3ccccc3F)nc2C)CC1. The summed E-state index contributed by atoms with van der Waals surface area (Å²) in [4.78, 5) is 33.0. The Morgan fingerprint density at radius 2 is 1.85 bits per heavy atom. The van der Waals surface area contributed by atoms with Crippen LogP contribution in [0.4, 0.5) is 9.18 Å². The van der Waals surface area contributed by atoms with Crippen molar-refractivity contribution in [1.82, 2.24) is 14.8 Å². The van der Waals surface area contributed by atoms with Crippen molar-refractivity contribution < 1.29 is 18.7 Å². The molecule has 0 aliphatic carbocycles. The van der Waals surface area contributed by atoms with E-state index >= 15 is 0 Å². The Labute approximate surface area is 161 Å². The number of carbonyl (C=O) groups excluding carboxylic acids is 2. The molecule has 6 nitrogen and oxygen atoms in total. The Kier molecular flexibility index (Phi) is 6.05. The van der Waals surface area contributed by atoms with E-state index in [1.54, 1.807) is 34.9 Å². The van der Waals surface area contributed by atoms with Crippen molar-refractivity contribution in [3.8, 4) is 10.6 Å². The molecule has 0 N–H and O–H groups in total. The molecule has 3 rings (SSSR count). The van der Waals surface area contributed by atoms with Gasteiger partial charge in [-0.2, -0.15) is 0 Å². The van der Waals surface area contributed by atoms with Gasteiger partial charge in [0.2, 0.25) is 5.91 Å². The summed E-state index contributed by atoms with van der Waals surface area (Å²) in [5.74, 6) is -0.329. The third-order valence-corrected chi connectivity index (χ3v) is 5.66. The fourth-order valence-corrected chi connectivity index (χ4v) is 4.02. The molecule has 0 spiro atoms. The van der Waals surface area contributed by atoms with Crippen LogP contribution in [0, 0.1) is 12.7 Å². The molecule has 1 aromatic heterocycles. The van der Waals surface area contributed by atoms with Crippen molar-refractivity contribution in [2.24, 2.45) is 0 Å². The zero-order valence-electron chi connectivity index (χ0n) is 15.4. The number of benzene rings is 1. The summed E-state index contributed by atoms with van der Waals surface area (Å²) in [7, 11) is 0. The fourth-order valence-electron chi connectivity index (χ4n) is 2.94. The van der Waals surface area contributed by atoms with Gasteiger partial charge in [0, 0.05) is 36.6 Å². The topological polar surface area (TPSA) is 62.7 Å². The maximum Gasteiger partial charge on any atom is 0.409 e. The molecule has 144 valence electrons. The van der Waals surface area contributed by atoms with Gasteiger partial charge in [0.15, 0.2) is 0 Å². The fraction of sp³-hybridized carbons (Fsp3) is 0.421. The van der Waals surface area contributed by atoms with E-state index in [1.165, 1.54) is 17.4 Å². The summed E-state index contributed by atoms with van der Waals surface area (Å²) in [5, 5.41) is 0.584. The van der Waals surface area contributed by atoms with E-state index in [-0.39, 0.29) is 24.2 Å². The third kappa shape index (κ3) is 4.44. The summed E-state index contributed by atoms with van der Waals surface area (Å²) in [6, 6.07) is 6.50. The van der Waals surface area contributed by atoms with Crippen molar-refractivity contribution in [3.63, 3.8) is 0 Å². The minimum Gasteiger partial charge on any atom is -0.450 e. The monoisotopic (exact) mass is 391 g/mol. The van der Waals surface area contributed by atoms with Crippen LogP contribution in [0.5, 0.6) is 0 Å². The normalized spacial score (nSPS) is 14.3. The molecule has 8 heteroatoms. The average Bonchev–Trinajstić information content (AvgIpc) is 3.02. The maximum atomic E-state index is 14.0. The predicted molar refractivity (Wildman–Crippen MR) is 101 cm³/mol. The first-order valence-electron chi connectivity index (χ1n) is 8.90. The van der Waals surface area contributed by atoms with Crippen LogP contribution in [0.25, 0.3) is 10.6 Å². The van der Waals surface area contributed by atoms with Crippen LogP contribution < -0.4 is 0 Å². The van der Waals surface area contributed by atoms with E-state index in [0.717, 1.165) is 10.6 Å². The van der Waals surface area contributed by atoms with Crippen LogP contribution in [0.1, 0.15) is 17.5 Å². The first kappa shape index (κ1) is 19.3. The van der Waals surface area contributed by atoms with Crippen LogP contribution in [0.3, 0.4) is 0 Å². The standard InChI is InChI=1S/C19H22FN3O3S/c1-3-26-19(25)23-10-8-22(9-11-23)17(24)12-16-13(2)21-18(27-16)14-6-4-5-7-15(14)20/h4-7H,3,8-12H2,1-2H3. The van der Waals surface area contributed by atoms with E-state index in [2.05, 4.69) is 4.98 Å². The highest BCUT2D eigenvalue weighted by atomic mass is 32.1. The first-order valence-corrected chi connectivity index (χ1v) is 9.72. The van der Waals surface area contributed by atoms with Crippen LogP contribution in [-0.2, 0) is 16.0 Å². The van der Waals surface area contributed by atoms with Crippen LogP contribution in [0.2, 0.25) is 0 Å². The quantitative estimate of drug-likeness (QED) is 0.804. The second-order valence-corrected chi connectivity index (χ2v) is 7.33. The third-order valence-electron chi connectivity index (χ3n) is 4.47. The number of thiazole rings is 1. The molecule has 1 aromatic carbocycles. The first-order chi connectivity index (χ1) is 13.0. The van der Waals surface area contributed by atoms with E-state index < -0.39 is 0 Å². The number of nitrogens with zero attached hydrogens (tertiary/aromatic N) is 3. The van der Waals surface area contributed by atoms with E-state index in [9.17, 15) is 14.0 Å². The second kappa shape index (κ2) is 8.47. The molecule has 2 amide bonds. The molecule has 0 atom stereocenters. The number of aryl methyl sites for hydroxylation is 1. The van der Waals surface area contributed by atoms with Gasteiger partial charge in [-0.15, -0.1) is 11.3 Å². The number of carbonyl (C=O) groups is 2. The summed E-state index contributed by atoms with van der Waals surface area (Å²) in [6.45, 7) is 5.84. The van der Waals surface area contributed by atoms with E-state index in [4.69, 9.17) is 4.74 Å². The zero-order valence-corrected chi connectivity index (χ0v) is 16.2. The van der Waals surface area contributed by atoms with E-state index in [0.29, 0.717) is 43.4 Å². The summed E-state index contributed by atoms with van der Waals surface area (Å²) < 4.78 is 19.0. The van der Waals surface area contributed by atoms with Gasteiger partial charge in [-0.05, 0) is 26.0 Å².